The summed E-state index contributed by atoms with van der Waals surface area (Å²) in [7, 11) is 1.61. The predicted octanol–water partition coefficient (Wildman–Crippen LogP) is 2.32. The zero-order valence-electron chi connectivity index (χ0n) is 12.3. The van der Waals surface area contributed by atoms with Crippen molar-refractivity contribution in [3.8, 4) is 6.07 Å². The lowest BCUT2D eigenvalue weighted by molar-refractivity contribution is -0.131. The van der Waals surface area contributed by atoms with E-state index in [0.717, 1.165) is 12.0 Å². The summed E-state index contributed by atoms with van der Waals surface area (Å²) in [5.41, 5.74) is 2.38. The maximum Gasteiger partial charge on any atom is 0.223 e. The Balaban J connectivity index is 2.47. The fourth-order valence-corrected chi connectivity index (χ4v) is 1.91. The highest BCUT2D eigenvalue weighted by Gasteiger charge is 2.12. The van der Waals surface area contributed by atoms with Crippen LogP contribution >= 0.6 is 0 Å². The highest BCUT2D eigenvalue weighted by Crippen LogP contribution is 2.07. The Hall–Kier alpha value is -1.86. The summed E-state index contributed by atoms with van der Waals surface area (Å²) >= 11 is 0. The Morgan fingerprint density at radius 2 is 2.00 bits per heavy atom. The molecule has 0 unspecified atom stereocenters. The number of rotatable bonds is 8. The first-order chi connectivity index (χ1) is 9.67. The Bertz CT molecular complexity index is 449. The number of methoxy groups -OCH3 is 1. The van der Waals surface area contributed by atoms with Crippen LogP contribution in [0.15, 0.2) is 24.3 Å². The Morgan fingerprint density at radius 1 is 1.30 bits per heavy atom. The molecule has 20 heavy (non-hydrogen) atoms. The van der Waals surface area contributed by atoms with Gasteiger partial charge in [-0.25, -0.2) is 0 Å². The number of ether oxygens (including phenoxy) is 1. The molecule has 0 aliphatic carbocycles. The van der Waals surface area contributed by atoms with Crippen molar-refractivity contribution >= 4 is 5.91 Å². The quantitative estimate of drug-likeness (QED) is 0.731. The van der Waals surface area contributed by atoms with E-state index >= 15 is 0 Å². The van der Waals surface area contributed by atoms with Gasteiger partial charge in [0, 0.05) is 26.6 Å². The standard InChI is InChI=1S/C16H22N2O2/c1-14-4-6-15(7-5-14)8-9-16(19)18(11-3-10-17)12-13-20-2/h4-7H,3,8-9,11-13H2,1-2H3. The van der Waals surface area contributed by atoms with Gasteiger partial charge < -0.3 is 9.64 Å². The summed E-state index contributed by atoms with van der Waals surface area (Å²) in [6.45, 7) is 3.57. The van der Waals surface area contributed by atoms with E-state index in [0.29, 0.717) is 32.5 Å². The molecule has 0 aliphatic rings. The third kappa shape index (κ3) is 5.85. The summed E-state index contributed by atoms with van der Waals surface area (Å²) in [6, 6.07) is 10.3. The molecular weight excluding hydrogens is 252 g/mol. The minimum absolute atomic E-state index is 0.0814. The van der Waals surface area contributed by atoms with E-state index in [9.17, 15) is 4.79 Å². The third-order valence-corrected chi connectivity index (χ3v) is 3.16. The highest BCUT2D eigenvalue weighted by atomic mass is 16.5. The van der Waals surface area contributed by atoms with Gasteiger partial charge in [0.15, 0.2) is 0 Å². The Morgan fingerprint density at radius 3 is 2.60 bits per heavy atom. The first kappa shape index (κ1) is 16.2. The number of nitriles is 1. The average Bonchev–Trinajstić information content (AvgIpc) is 2.46. The van der Waals surface area contributed by atoms with Crippen molar-refractivity contribution in [1.82, 2.24) is 4.90 Å². The van der Waals surface area contributed by atoms with Gasteiger partial charge in [-0.2, -0.15) is 5.26 Å². The van der Waals surface area contributed by atoms with Crippen LogP contribution in [0.25, 0.3) is 0 Å². The van der Waals surface area contributed by atoms with Gasteiger partial charge in [0.1, 0.15) is 0 Å². The molecule has 4 nitrogen and oxygen atoms in total. The van der Waals surface area contributed by atoms with Crippen LogP contribution in [0.2, 0.25) is 0 Å². The van der Waals surface area contributed by atoms with E-state index in [1.165, 1.54) is 5.56 Å². The predicted molar refractivity (Wildman–Crippen MR) is 78.2 cm³/mol. The molecule has 1 aromatic rings. The lowest BCUT2D eigenvalue weighted by atomic mass is 10.1. The molecule has 0 heterocycles. The van der Waals surface area contributed by atoms with Gasteiger partial charge in [0.25, 0.3) is 0 Å². The second-order valence-electron chi connectivity index (χ2n) is 4.77. The fourth-order valence-electron chi connectivity index (χ4n) is 1.91. The molecule has 0 saturated carbocycles. The van der Waals surface area contributed by atoms with Gasteiger partial charge in [0.2, 0.25) is 5.91 Å². The van der Waals surface area contributed by atoms with Gasteiger partial charge >= 0.3 is 0 Å². The third-order valence-electron chi connectivity index (χ3n) is 3.16. The van der Waals surface area contributed by atoms with Crippen molar-refractivity contribution in [3.63, 3.8) is 0 Å². The van der Waals surface area contributed by atoms with E-state index in [1.807, 2.05) is 6.92 Å². The number of carbonyl (C=O) groups is 1. The summed E-state index contributed by atoms with van der Waals surface area (Å²) in [6.07, 6.45) is 1.56. The molecule has 0 aliphatic heterocycles. The zero-order valence-corrected chi connectivity index (χ0v) is 12.3. The molecule has 0 N–H and O–H groups in total. The van der Waals surface area contributed by atoms with Gasteiger partial charge in [-0.1, -0.05) is 29.8 Å². The van der Waals surface area contributed by atoms with Gasteiger partial charge in [-0.3, -0.25) is 4.79 Å². The van der Waals surface area contributed by atoms with Crippen LogP contribution in [0.5, 0.6) is 0 Å². The molecule has 1 aromatic carbocycles. The van der Waals surface area contributed by atoms with E-state index in [-0.39, 0.29) is 5.91 Å². The van der Waals surface area contributed by atoms with Crippen molar-refractivity contribution in [2.45, 2.75) is 26.2 Å². The largest absolute Gasteiger partial charge is 0.383 e. The van der Waals surface area contributed by atoms with E-state index < -0.39 is 0 Å². The number of aryl methyl sites for hydroxylation is 2. The molecule has 0 atom stereocenters. The molecule has 1 amide bonds. The number of hydrogen-bond acceptors (Lipinski definition) is 3. The van der Waals surface area contributed by atoms with E-state index in [1.54, 1.807) is 12.0 Å². The molecule has 0 fully saturated rings. The number of amides is 1. The molecule has 0 saturated heterocycles. The van der Waals surface area contributed by atoms with Gasteiger partial charge in [-0.05, 0) is 18.9 Å². The normalized spacial score (nSPS) is 10.1. The summed E-state index contributed by atoms with van der Waals surface area (Å²) < 4.78 is 5.00. The summed E-state index contributed by atoms with van der Waals surface area (Å²) in [5, 5.41) is 8.64. The van der Waals surface area contributed by atoms with Gasteiger partial charge in [0.05, 0.1) is 19.1 Å². The topological polar surface area (TPSA) is 53.3 Å². The number of hydrogen-bond donors (Lipinski definition) is 0. The molecular formula is C16H22N2O2. The van der Waals surface area contributed by atoms with Crippen LogP contribution < -0.4 is 0 Å². The van der Waals surface area contributed by atoms with Crippen LogP contribution in [-0.4, -0.2) is 37.6 Å². The van der Waals surface area contributed by atoms with E-state index in [4.69, 9.17) is 10.00 Å². The van der Waals surface area contributed by atoms with Crippen LogP contribution in [-0.2, 0) is 16.0 Å². The van der Waals surface area contributed by atoms with Crippen LogP contribution in [0.3, 0.4) is 0 Å². The van der Waals surface area contributed by atoms with Crippen molar-refractivity contribution < 1.29 is 9.53 Å². The summed E-state index contributed by atoms with van der Waals surface area (Å²) in [4.78, 5) is 13.9. The lowest BCUT2D eigenvalue weighted by Crippen LogP contribution is -2.34. The molecule has 0 bridgehead atoms. The molecule has 4 heteroatoms. The molecule has 108 valence electrons. The first-order valence-corrected chi connectivity index (χ1v) is 6.86. The monoisotopic (exact) mass is 274 g/mol. The van der Waals surface area contributed by atoms with Crippen molar-refractivity contribution in [3.05, 3.63) is 35.4 Å². The molecule has 0 aromatic heterocycles. The Labute approximate surface area is 121 Å². The fraction of sp³-hybridized carbons (Fsp3) is 0.500. The average molecular weight is 274 g/mol. The second-order valence-corrected chi connectivity index (χ2v) is 4.77. The number of carbonyl (C=O) groups excluding carboxylic acids is 1. The first-order valence-electron chi connectivity index (χ1n) is 6.86. The SMILES string of the molecule is COCCN(CCC#N)C(=O)CCc1ccc(C)cc1. The lowest BCUT2D eigenvalue weighted by Gasteiger charge is -2.21. The highest BCUT2D eigenvalue weighted by molar-refractivity contribution is 5.76. The minimum Gasteiger partial charge on any atom is -0.383 e. The zero-order chi connectivity index (χ0) is 14.8. The molecule has 1 rings (SSSR count). The van der Waals surface area contributed by atoms with Crippen molar-refractivity contribution in [2.24, 2.45) is 0 Å². The second kappa shape index (κ2) is 9.11. The van der Waals surface area contributed by atoms with Crippen LogP contribution in [0.4, 0.5) is 0 Å². The summed E-state index contributed by atoms with van der Waals surface area (Å²) in [5.74, 6) is 0.0814. The maximum atomic E-state index is 12.2. The smallest absolute Gasteiger partial charge is 0.223 e. The minimum atomic E-state index is 0.0814. The van der Waals surface area contributed by atoms with Crippen LogP contribution in [0, 0.1) is 18.3 Å². The Kier molecular flexibility index (Phi) is 7.38. The van der Waals surface area contributed by atoms with Crippen molar-refractivity contribution in [1.29, 1.82) is 5.26 Å². The van der Waals surface area contributed by atoms with Crippen LogP contribution in [0.1, 0.15) is 24.0 Å². The van der Waals surface area contributed by atoms with Gasteiger partial charge in [-0.15, -0.1) is 0 Å². The molecule has 0 radical (unpaired) electrons. The van der Waals surface area contributed by atoms with E-state index in [2.05, 4.69) is 30.3 Å². The van der Waals surface area contributed by atoms with Crippen molar-refractivity contribution in [2.75, 3.05) is 26.8 Å². The maximum absolute atomic E-state index is 12.2. The number of benzene rings is 1. The number of nitrogens with zero attached hydrogens (tertiary/aromatic N) is 2. The molecule has 0 spiro atoms.